The van der Waals surface area contributed by atoms with Gasteiger partial charge in [0.2, 0.25) is 11.1 Å². The molecule has 1 saturated heterocycles. The summed E-state index contributed by atoms with van der Waals surface area (Å²) < 4.78 is 1.72. The molecule has 2 aromatic heterocycles. The van der Waals surface area contributed by atoms with Crippen molar-refractivity contribution in [1.29, 1.82) is 0 Å². The molecule has 1 aliphatic rings. The highest BCUT2D eigenvalue weighted by Crippen LogP contribution is 2.27. The number of amides is 1. The molecule has 0 radical (unpaired) electrons. The van der Waals surface area contributed by atoms with Gasteiger partial charge >= 0.3 is 0 Å². The van der Waals surface area contributed by atoms with Crippen molar-refractivity contribution in [2.45, 2.75) is 32.3 Å². The molecule has 1 aromatic carbocycles. The van der Waals surface area contributed by atoms with Gasteiger partial charge in [0.1, 0.15) is 0 Å². The van der Waals surface area contributed by atoms with E-state index in [2.05, 4.69) is 43.2 Å². The van der Waals surface area contributed by atoms with Crippen LogP contribution in [0.1, 0.15) is 23.9 Å². The number of carbonyl (C=O) groups excluding carboxylic acids is 1. The van der Waals surface area contributed by atoms with E-state index in [4.69, 9.17) is 0 Å². The summed E-state index contributed by atoms with van der Waals surface area (Å²) in [7, 11) is 0. The molecule has 1 amide bonds. The average molecular weight is 440 g/mol. The van der Waals surface area contributed by atoms with Gasteiger partial charge in [-0.15, -0.1) is 5.10 Å². The highest BCUT2D eigenvalue weighted by atomic mass is 32.2. The van der Waals surface area contributed by atoms with E-state index in [-0.39, 0.29) is 12.3 Å². The van der Waals surface area contributed by atoms with Gasteiger partial charge in [0.15, 0.2) is 0 Å². The summed E-state index contributed by atoms with van der Waals surface area (Å²) in [5, 5.41) is 8.28. The molecule has 3 heterocycles. The molecule has 0 aliphatic carbocycles. The van der Waals surface area contributed by atoms with Gasteiger partial charge in [-0.1, -0.05) is 30.8 Å². The maximum absolute atomic E-state index is 13.0. The summed E-state index contributed by atoms with van der Waals surface area (Å²) in [4.78, 5) is 26.8. The fraction of sp³-hybridized carbons (Fsp3) is 0.455. The molecular weight excluding hydrogens is 410 g/mol. The van der Waals surface area contributed by atoms with E-state index < -0.39 is 0 Å². The Balaban J connectivity index is 1.52. The lowest BCUT2D eigenvalue weighted by Crippen LogP contribution is -2.46. The number of hydrogen-bond acceptors (Lipinski definition) is 7. The van der Waals surface area contributed by atoms with Crippen molar-refractivity contribution in [1.82, 2.24) is 24.5 Å². The molecule has 1 fully saturated rings. The highest BCUT2D eigenvalue weighted by molar-refractivity contribution is 7.98. The van der Waals surface area contributed by atoms with Crippen molar-refractivity contribution < 1.29 is 4.79 Å². The summed E-state index contributed by atoms with van der Waals surface area (Å²) in [6.07, 6.45) is 2.18. The fourth-order valence-electron chi connectivity index (χ4n) is 4.05. The van der Waals surface area contributed by atoms with Crippen molar-refractivity contribution in [2.75, 3.05) is 49.2 Å². The van der Waals surface area contributed by atoms with Gasteiger partial charge in [-0.25, -0.2) is 9.50 Å². The molecule has 0 unspecified atom stereocenters. The van der Waals surface area contributed by atoms with Crippen molar-refractivity contribution in [2.24, 2.45) is 0 Å². The average Bonchev–Trinajstić information content (AvgIpc) is 3.20. The zero-order valence-electron chi connectivity index (χ0n) is 18.6. The molecule has 1 aliphatic heterocycles. The number of fused-ring (bicyclic) bond motifs is 1. The normalized spacial score (nSPS) is 14.9. The minimum Gasteiger partial charge on any atom is -0.367 e. The van der Waals surface area contributed by atoms with E-state index in [0.717, 1.165) is 61.0 Å². The van der Waals surface area contributed by atoms with Gasteiger partial charge in [0, 0.05) is 43.1 Å². The van der Waals surface area contributed by atoms with Gasteiger partial charge < -0.3 is 15.1 Å². The van der Waals surface area contributed by atoms with Crippen molar-refractivity contribution in [3.8, 4) is 0 Å². The summed E-state index contributed by atoms with van der Waals surface area (Å²) in [5.74, 6) is 0.511. The van der Waals surface area contributed by atoms with Gasteiger partial charge in [0.25, 0.3) is 5.78 Å². The van der Waals surface area contributed by atoms with Gasteiger partial charge in [-0.05, 0) is 38.8 Å². The second-order valence-corrected chi connectivity index (χ2v) is 8.51. The Morgan fingerprint density at radius 3 is 2.58 bits per heavy atom. The number of likely N-dealkylation sites (N-methyl/N-ethyl adjacent to an activating group) is 1. The standard InChI is InChI=1S/C22H29N7OS/c1-5-27-10-12-28(13-11-27)19-9-7-6-8-18(19)24-20(30)14-17-15(2)23-21-25-22(31-4)26-29(21)16(17)3/h6-9H,5,10-14H2,1-4H3,(H,24,30). The molecule has 0 saturated carbocycles. The number of para-hydroxylation sites is 2. The maximum Gasteiger partial charge on any atom is 0.253 e. The molecule has 3 aromatic rings. The molecule has 164 valence electrons. The summed E-state index contributed by atoms with van der Waals surface area (Å²) >= 11 is 1.48. The lowest BCUT2D eigenvalue weighted by molar-refractivity contribution is -0.115. The topological polar surface area (TPSA) is 78.7 Å². The van der Waals surface area contributed by atoms with E-state index in [1.807, 2.05) is 38.3 Å². The zero-order chi connectivity index (χ0) is 22.0. The molecule has 1 N–H and O–H groups in total. The molecule has 0 bridgehead atoms. The molecule has 4 rings (SSSR count). The molecule has 9 heteroatoms. The number of piperazine rings is 1. The molecule has 0 atom stereocenters. The number of aromatic nitrogens is 4. The SMILES string of the molecule is CCN1CCN(c2ccccc2NC(=O)Cc2c(C)nc3nc(SC)nn3c2C)CC1. The second-order valence-electron chi connectivity index (χ2n) is 7.73. The lowest BCUT2D eigenvalue weighted by Gasteiger charge is -2.36. The fourth-order valence-corrected chi connectivity index (χ4v) is 4.38. The number of nitrogens with one attached hydrogen (secondary N) is 1. The summed E-state index contributed by atoms with van der Waals surface area (Å²) in [6.45, 7) is 11.2. The molecule has 8 nitrogen and oxygen atoms in total. The Hall–Kier alpha value is -2.65. The van der Waals surface area contributed by atoms with Crippen LogP contribution < -0.4 is 10.2 Å². The van der Waals surface area contributed by atoms with Crippen molar-refractivity contribution in [3.63, 3.8) is 0 Å². The quantitative estimate of drug-likeness (QED) is 0.592. The number of benzene rings is 1. The van der Waals surface area contributed by atoms with E-state index in [0.29, 0.717) is 10.9 Å². The van der Waals surface area contributed by atoms with Crippen LogP contribution in [-0.2, 0) is 11.2 Å². The first-order valence-corrected chi connectivity index (χ1v) is 11.9. The van der Waals surface area contributed by atoms with Crippen LogP contribution in [0, 0.1) is 13.8 Å². The first-order valence-electron chi connectivity index (χ1n) is 10.6. The van der Waals surface area contributed by atoms with Gasteiger partial charge in [-0.3, -0.25) is 4.79 Å². The van der Waals surface area contributed by atoms with Gasteiger partial charge in [-0.2, -0.15) is 4.98 Å². The molecule has 31 heavy (non-hydrogen) atoms. The van der Waals surface area contributed by atoms with Crippen LogP contribution >= 0.6 is 11.8 Å². The number of anilines is 2. The zero-order valence-corrected chi connectivity index (χ0v) is 19.4. The highest BCUT2D eigenvalue weighted by Gasteiger charge is 2.20. The van der Waals surface area contributed by atoms with E-state index in [9.17, 15) is 4.79 Å². The summed E-state index contributed by atoms with van der Waals surface area (Å²) in [5.41, 5.74) is 4.52. The minimum absolute atomic E-state index is 0.0581. The smallest absolute Gasteiger partial charge is 0.253 e. The third kappa shape index (κ3) is 4.52. The third-order valence-corrected chi connectivity index (χ3v) is 6.43. The van der Waals surface area contributed by atoms with E-state index in [1.165, 1.54) is 11.8 Å². The number of hydrogen-bond donors (Lipinski definition) is 1. The maximum atomic E-state index is 13.0. The molecule has 0 spiro atoms. The predicted octanol–water partition coefficient (Wildman–Crippen LogP) is 2.79. The minimum atomic E-state index is -0.0581. The Bertz CT molecular complexity index is 1090. The van der Waals surface area contributed by atoms with Crippen molar-refractivity contribution >= 4 is 34.8 Å². The van der Waals surface area contributed by atoms with Crippen LogP contribution in [0.4, 0.5) is 11.4 Å². The Kier molecular flexibility index (Phi) is 6.43. The Morgan fingerprint density at radius 1 is 1.13 bits per heavy atom. The lowest BCUT2D eigenvalue weighted by atomic mass is 10.1. The molecular formula is C22H29N7OS. The van der Waals surface area contributed by atoms with Gasteiger partial charge in [0.05, 0.1) is 17.8 Å². The number of nitrogens with zero attached hydrogens (tertiary/aromatic N) is 6. The van der Waals surface area contributed by atoms with Crippen LogP contribution in [0.5, 0.6) is 0 Å². The van der Waals surface area contributed by atoms with Crippen LogP contribution in [0.3, 0.4) is 0 Å². The second kappa shape index (κ2) is 9.23. The monoisotopic (exact) mass is 439 g/mol. The van der Waals surface area contributed by atoms with Crippen LogP contribution in [0.25, 0.3) is 5.78 Å². The first kappa shape index (κ1) is 21.6. The van der Waals surface area contributed by atoms with Crippen molar-refractivity contribution in [3.05, 3.63) is 41.2 Å². The Labute approximate surface area is 187 Å². The number of aryl methyl sites for hydroxylation is 2. The van der Waals surface area contributed by atoms with Crippen LogP contribution in [0.15, 0.2) is 29.4 Å². The van der Waals surface area contributed by atoms with E-state index in [1.54, 1.807) is 4.52 Å². The van der Waals surface area contributed by atoms with E-state index >= 15 is 0 Å². The summed E-state index contributed by atoms with van der Waals surface area (Å²) in [6, 6.07) is 8.05. The first-order chi connectivity index (χ1) is 15.0. The van der Waals surface area contributed by atoms with Crippen LogP contribution in [0.2, 0.25) is 0 Å². The predicted molar refractivity (Wildman–Crippen MR) is 125 cm³/mol. The number of rotatable bonds is 6. The van der Waals surface area contributed by atoms with Crippen LogP contribution in [-0.4, -0.2) is 69.4 Å². The number of carbonyl (C=O) groups is 1. The number of thioether (sulfide) groups is 1. The largest absolute Gasteiger partial charge is 0.367 e. The Morgan fingerprint density at radius 2 is 1.87 bits per heavy atom. The third-order valence-electron chi connectivity index (χ3n) is 5.89.